The van der Waals surface area contributed by atoms with Gasteiger partial charge in [-0.05, 0) is 26.4 Å². The zero-order valence-electron chi connectivity index (χ0n) is 15.1. The van der Waals surface area contributed by atoms with Crippen LogP contribution < -0.4 is 0 Å². The summed E-state index contributed by atoms with van der Waals surface area (Å²) in [5.41, 5.74) is 0.0323. The first-order valence-electron chi connectivity index (χ1n) is 8.34. The van der Waals surface area contributed by atoms with Gasteiger partial charge in [0.1, 0.15) is 6.04 Å². The molecule has 1 N–H and O–H groups in total. The van der Waals surface area contributed by atoms with Gasteiger partial charge in [0.05, 0.1) is 6.61 Å². The molecule has 0 aromatic carbocycles. The standard InChI is InChI=1S/C18H29NO5/c1-6-10-12-24-18(23)13(5)15(14(20)11-7-2)16(17(21)22)19(8-3)9-4/h7,16H,2,6,8-12H2,1,3-5H3,(H,21,22). The van der Waals surface area contributed by atoms with E-state index >= 15 is 0 Å². The van der Waals surface area contributed by atoms with Crippen molar-refractivity contribution in [1.82, 2.24) is 4.90 Å². The third-order valence-corrected chi connectivity index (χ3v) is 3.76. The molecule has 0 radical (unpaired) electrons. The van der Waals surface area contributed by atoms with E-state index in [4.69, 9.17) is 4.74 Å². The van der Waals surface area contributed by atoms with Crippen molar-refractivity contribution in [2.24, 2.45) is 0 Å². The number of hydrogen-bond acceptors (Lipinski definition) is 5. The molecule has 0 fully saturated rings. The zero-order chi connectivity index (χ0) is 18.7. The van der Waals surface area contributed by atoms with Crippen LogP contribution >= 0.6 is 0 Å². The second-order valence-corrected chi connectivity index (χ2v) is 5.41. The van der Waals surface area contributed by atoms with Crippen LogP contribution in [-0.2, 0) is 19.1 Å². The van der Waals surface area contributed by atoms with E-state index in [1.165, 1.54) is 13.0 Å². The largest absolute Gasteiger partial charge is 0.480 e. The maximum absolute atomic E-state index is 12.5. The molecule has 24 heavy (non-hydrogen) atoms. The van der Waals surface area contributed by atoms with Gasteiger partial charge in [-0.15, -0.1) is 6.58 Å². The van der Waals surface area contributed by atoms with Crippen molar-refractivity contribution in [3.05, 3.63) is 23.8 Å². The number of allylic oxidation sites excluding steroid dienone is 1. The number of ether oxygens (including phenoxy) is 1. The van der Waals surface area contributed by atoms with Crippen molar-refractivity contribution in [1.29, 1.82) is 0 Å². The predicted octanol–water partition coefficient (Wildman–Crippen LogP) is 2.59. The van der Waals surface area contributed by atoms with E-state index in [9.17, 15) is 19.5 Å². The number of hydrogen-bond donors (Lipinski definition) is 1. The van der Waals surface area contributed by atoms with Crippen molar-refractivity contribution in [3.63, 3.8) is 0 Å². The molecule has 1 atom stereocenters. The lowest BCUT2D eigenvalue weighted by atomic mass is 9.94. The van der Waals surface area contributed by atoms with Crippen molar-refractivity contribution in [2.75, 3.05) is 19.7 Å². The molecular formula is C18H29NO5. The Bertz CT molecular complexity index is 492. The van der Waals surface area contributed by atoms with Gasteiger partial charge < -0.3 is 9.84 Å². The number of unbranched alkanes of at least 4 members (excludes halogenated alkanes) is 1. The lowest BCUT2D eigenvalue weighted by molar-refractivity contribution is -0.143. The van der Waals surface area contributed by atoms with Crippen molar-refractivity contribution in [3.8, 4) is 0 Å². The molecule has 0 amide bonds. The first-order valence-corrected chi connectivity index (χ1v) is 8.34. The molecule has 0 heterocycles. The van der Waals surface area contributed by atoms with E-state index < -0.39 is 23.8 Å². The highest BCUT2D eigenvalue weighted by Crippen LogP contribution is 2.20. The predicted molar refractivity (Wildman–Crippen MR) is 92.7 cm³/mol. The molecule has 0 bridgehead atoms. The Kier molecular flexibility index (Phi) is 10.6. The highest BCUT2D eigenvalue weighted by molar-refractivity contribution is 6.08. The monoisotopic (exact) mass is 339 g/mol. The summed E-state index contributed by atoms with van der Waals surface area (Å²) in [6, 6.07) is -1.17. The number of carbonyl (C=O) groups excluding carboxylic acids is 2. The fourth-order valence-electron chi connectivity index (χ4n) is 2.39. The second-order valence-electron chi connectivity index (χ2n) is 5.41. The Morgan fingerprint density at radius 2 is 1.79 bits per heavy atom. The molecule has 0 aliphatic rings. The normalized spacial score (nSPS) is 13.2. The number of nitrogens with zero attached hydrogens (tertiary/aromatic N) is 1. The zero-order valence-corrected chi connectivity index (χ0v) is 15.1. The smallest absolute Gasteiger partial charge is 0.334 e. The second kappa shape index (κ2) is 11.6. The quantitative estimate of drug-likeness (QED) is 0.255. The summed E-state index contributed by atoms with van der Waals surface area (Å²) in [5, 5.41) is 9.63. The summed E-state index contributed by atoms with van der Waals surface area (Å²) in [6.45, 7) is 11.7. The van der Waals surface area contributed by atoms with E-state index in [0.717, 1.165) is 6.42 Å². The Morgan fingerprint density at radius 1 is 1.21 bits per heavy atom. The number of likely N-dealkylation sites (N-methyl/N-ethyl adjacent to an activating group) is 1. The van der Waals surface area contributed by atoms with E-state index in [1.54, 1.807) is 4.90 Å². The molecule has 0 aliphatic heterocycles. The number of carbonyl (C=O) groups is 3. The minimum atomic E-state index is -1.17. The average molecular weight is 339 g/mol. The van der Waals surface area contributed by atoms with E-state index in [0.29, 0.717) is 19.5 Å². The van der Waals surface area contributed by atoms with Crippen LogP contribution in [0.4, 0.5) is 0 Å². The molecule has 0 rings (SSSR count). The Labute approximate surface area is 144 Å². The van der Waals surface area contributed by atoms with Gasteiger partial charge in [0.25, 0.3) is 0 Å². The molecule has 136 valence electrons. The van der Waals surface area contributed by atoms with Crippen molar-refractivity contribution in [2.45, 2.75) is 53.0 Å². The number of carboxylic acids is 1. The molecule has 0 spiro atoms. The van der Waals surface area contributed by atoms with Gasteiger partial charge in [-0.3, -0.25) is 14.5 Å². The lowest BCUT2D eigenvalue weighted by Crippen LogP contribution is -2.45. The van der Waals surface area contributed by atoms with Gasteiger partial charge >= 0.3 is 11.9 Å². The van der Waals surface area contributed by atoms with Crippen LogP contribution in [0.5, 0.6) is 0 Å². The summed E-state index contributed by atoms with van der Waals surface area (Å²) in [6.07, 6.45) is 2.96. The van der Waals surface area contributed by atoms with Crippen LogP contribution in [0.25, 0.3) is 0 Å². The van der Waals surface area contributed by atoms with Crippen LogP contribution in [0.2, 0.25) is 0 Å². The first-order chi connectivity index (χ1) is 11.3. The van der Waals surface area contributed by atoms with Gasteiger partial charge in [-0.2, -0.15) is 0 Å². The summed E-state index contributed by atoms with van der Waals surface area (Å²) in [5.74, 6) is -2.23. The number of carboxylic acid groups (broad SMARTS) is 1. The SMILES string of the molecule is C=CCC(=O)C(=C(C)C(=O)OCCCC)C(C(=O)O)N(CC)CC. The van der Waals surface area contributed by atoms with E-state index in [2.05, 4.69) is 6.58 Å². The van der Waals surface area contributed by atoms with Gasteiger partial charge in [-0.1, -0.05) is 33.3 Å². The van der Waals surface area contributed by atoms with Gasteiger partial charge in [0.2, 0.25) is 0 Å². The fourth-order valence-corrected chi connectivity index (χ4v) is 2.39. The van der Waals surface area contributed by atoms with Gasteiger partial charge in [0, 0.05) is 17.6 Å². The summed E-state index contributed by atoms with van der Waals surface area (Å²) in [7, 11) is 0. The summed E-state index contributed by atoms with van der Waals surface area (Å²) >= 11 is 0. The van der Waals surface area contributed by atoms with Crippen LogP contribution in [0.1, 0.15) is 47.0 Å². The van der Waals surface area contributed by atoms with Crippen LogP contribution in [0.15, 0.2) is 23.8 Å². The molecule has 1 unspecified atom stereocenters. The molecular weight excluding hydrogens is 310 g/mol. The highest BCUT2D eigenvalue weighted by Gasteiger charge is 2.34. The Hall–Kier alpha value is -1.95. The summed E-state index contributed by atoms with van der Waals surface area (Å²) in [4.78, 5) is 38.1. The fraction of sp³-hybridized carbons (Fsp3) is 0.611. The summed E-state index contributed by atoms with van der Waals surface area (Å²) < 4.78 is 5.14. The van der Waals surface area contributed by atoms with Crippen molar-refractivity contribution < 1.29 is 24.2 Å². The highest BCUT2D eigenvalue weighted by atomic mass is 16.5. The molecule has 0 aromatic heterocycles. The molecule has 0 saturated carbocycles. The van der Waals surface area contributed by atoms with Crippen LogP contribution in [0.3, 0.4) is 0 Å². The number of ketones is 1. The third-order valence-electron chi connectivity index (χ3n) is 3.76. The van der Waals surface area contributed by atoms with Crippen LogP contribution in [-0.4, -0.2) is 53.5 Å². The maximum atomic E-state index is 12.5. The average Bonchev–Trinajstić information content (AvgIpc) is 2.54. The number of esters is 1. The van der Waals surface area contributed by atoms with Crippen LogP contribution in [0, 0.1) is 0 Å². The Morgan fingerprint density at radius 3 is 2.21 bits per heavy atom. The number of rotatable bonds is 12. The van der Waals surface area contributed by atoms with Gasteiger partial charge in [-0.25, -0.2) is 4.79 Å². The third kappa shape index (κ3) is 6.28. The molecule has 6 nitrogen and oxygen atoms in total. The number of Topliss-reactive ketones (excluding diaryl/α,β-unsaturated/α-hetero) is 1. The molecule has 0 saturated heterocycles. The molecule has 0 aromatic rings. The van der Waals surface area contributed by atoms with Crippen molar-refractivity contribution >= 4 is 17.7 Å². The molecule has 6 heteroatoms. The first kappa shape index (κ1) is 22.1. The van der Waals surface area contributed by atoms with Gasteiger partial charge in [0.15, 0.2) is 5.78 Å². The Balaban J connectivity index is 5.89. The maximum Gasteiger partial charge on any atom is 0.334 e. The number of aliphatic carboxylic acids is 1. The van der Waals surface area contributed by atoms with E-state index in [-0.39, 0.29) is 24.2 Å². The minimum Gasteiger partial charge on any atom is -0.480 e. The minimum absolute atomic E-state index is 0.0207. The van der Waals surface area contributed by atoms with E-state index in [1.807, 2.05) is 20.8 Å². The molecule has 0 aliphatic carbocycles. The topological polar surface area (TPSA) is 83.9 Å². The lowest BCUT2D eigenvalue weighted by Gasteiger charge is -2.28.